The molecule has 0 unspecified atom stereocenters. The molecule has 1 nitrogen and oxygen atoms in total. The van der Waals surface area contributed by atoms with Crippen molar-refractivity contribution in [1.82, 2.24) is 0 Å². The van der Waals surface area contributed by atoms with Crippen molar-refractivity contribution < 1.29 is 4.79 Å². The van der Waals surface area contributed by atoms with Crippen molar-refractivity contribution in [3.8, 4) is 0 Å². The van der Waals surface area contributed by atoms with E-state index in [-0.39, 0.29) is 0 Å². The highest BCUT2D eigenvalue weighted by Gasteiger charge is 1.89. The van der Waals surface area contributed by atoms with Crippen molar-refractivity contribution >= 4 is 5.94 Å². The average Bonchev–Trinajstić information content (AvgIpc) is 2.10. The van der Waals surface area contributed by atoms with Crippen LogP contribution in [0, 0.1) is 13.0 Å². The Morgan fingerprint density at radius 1 is 0.917 bits per heavy atom. The third-order valence-corrected chi connectivity index (χ3v) is 1.87. The summed E-state index contributed by atoms with van der Waals surface area (Å²) in [5.74, 6) is 1.67. The van der Waals surface area contributed by atoms with E-state index in [2.05, 4.69) is 13.0 Å². The van der Waals surface area contributed by atoms with E-state index < -0.39 is 0 Å². The van der Waals surface area contributed by atoms with Crippen molar-refractivity contribution in [3.05, 3.63) is 13.0 Å². The Kier molecular flexibility index (Phi) is 9.97. The molecule has 1 heteroatoms. The first kappa shape index (κ1) is 11.4. The van der Waals surface area contributed by atoms with Crippen LogP contribution in [0.1, 0.15) is 51.4 Å². The van der Waals surface area contributed by atoms with E-state index in [1.165, 1.54) is 32.1 Å². The predicted octanol–water partition coefficient (Wildman–Crippen LogP) is 3.13. The van der Waals surface area contributed by atoms with Gasteiger partial charge in [-0.15, -0.1) is 0 Å². The fourth-order valence-corrected chi connectivity index (χ4v) is 1.15. The van der Waals surface area contributed by atoms with Gasteiger partial charge >= 0.3 is 0 Å². The first-order chi connectivity index (χ1) is 5.91. The fraction of sp³-hybridized carbons (Fsp3) is 0.727. The van der Waals surface area contributed by atoms with E-state index in [0.29, 0.717) is 0 Å². The topological polar surface area (TPSA) is 17.1 Å². The van der Waals surface area contributed by atoms with E-state index in [1.807, 2.05) is 0 Å². The van der Waals surface area contributed by atoms with Gasteiger partial charge < -0.3 is 0 Å². The monoisotopic (exact) mass is 166 g/mol. The zero-order chi connectivity index (χ0) is 9.07. The third kappa shape index (κ3) is 9.45. The van der Waals surface area contributed by atoms with E-state index in [4.69, 9.17) is 0 Å². The summed E-state index contributed by atoms with van der Waals surface area (Å²) in [6.45, 7) is 3.79. The van der Waals surface area contributed by atoms with Gasteiger partial charge in [-0.1, -0.05) is 45.4 Å². The van der Waals surface area contributed by atoms with Crippen LogP contribution < -0.4 is 0 Å². The molecule has 0 aliphatic rings. The number of unbranched alkanes of at least 4 members (excludes halogenated alkanes) is 7. The Morgan fingerprint density at radius 2 is 1.50 bits per heavy atom. The summed E-state index contributed by atoms with van der Waals surface area (Å²) < 4.78 is 0. The second-order valence-electron chi connectivity index (χ2n) is 3.00. The molecule has 12 heavy (non-hydrogen) atoms. The summed E-state index contributed by atoms with van der Waals surface area (Å²) in [5, 5.41) is 0. The summed E-state index contributed by atoms with van der Waals surface area (Å²) >= 11 is 0. The fourth-order valence-electron chi connectivity index (χ4n) is 1.15. The maximum Gasteiger partial charge on any atom is 0.128 e. The summed E-state index contributed by atoms with van der Waals surface area (Å²) in [6, 6.07) is 0. The lowest BCUT2D eigenvalue weighted by Crippen LogP contribution is -1.79. The molecule has 0 aromatic rings. The molecule has 0 aliphatic heterocycles. The van der Waals surface area contributed by atoms with Crippen LogP contribution in [-0.2, 0) is 4.79 Å². The van der Waals surface area contributed by atoms with Gasteiger partial charge in [-0.2, -0.15) is 0 Å². The Bertz CT molecular complexity index is 123. The number of allylic oxidation sites excluding steroid dienone is 1. The molecule has 0 aromatic carbocycles. The summed E-state index contributed by atoms with van der Waals surface area (Å²) in [4.78, 5) is 9.74. The third-order valence-electron chi connectivity index (χ3n) is 1.87. The van der Waals surface area contributed by atoms with Crippen LogP contribution in [0.2, 0.25) is 0 Å². The van der Waals surface area contributed by atoms with Crippen molar-refractivity contribution in [2.75, 3.05) is 0 Å². The molecule has 0 fully saturated rings. The Labute approximate surface area is 75.9 Å². The highest BCUT2D eigenvalue weighted by molar-refractivity contribution is 5.40. The lowest BCUT2D eigenvalue weighted by atomic mass is 10.1. The maximum atomic E-state index is 9.74. The first-order valence-electron chi connectivity index (χ1n) is 4.81. The van der Waals surface area contributed by atoms with Gasteiger partial charge in [0, 0.05) is 0 Å². The molecular formula is C11H18O. The van der Waals surface area contributed by atoms with Crippen molar-refractivity contribution in [2.24, 2.45) is 0 Å². The number of carbonyl (C=O) groups excluding carboxylic acids is 1. The molecule has 0 spiro atoms. The number of rotatable bonds is 8. The smallest absolute Gasteiger partial charge is 0.128 e. The van der Waals surface area contributed by atoms with Crippen LogP contribution in [0.4, 0.5) is 0 Å². The van der Waals surface area contributed by atoms with E-state index in [0.717, 1.165) is 19.3 Å². The second kappa shape index (κ2) is 10.4. The quantitative estimate of drug-likeness (QED) is 0.400. The maximum absolute atomic E-state index is 9.74. The Hall–Kier alpha value is -0.550. The summed E-state index contributed by atoms with van der Waals surface area (Å²) in [7, 11) is 0. The standard InChI is InChI=1S/C11H18O/c1-2-3-4-5-6-7-8-9-10-11-12/h1-9H2. The normalized spacial score (nSPS) is 9.42. The van der Waals surface area contributed by atoms with Gasteiger partial charge in [-0.3, -0.25) is 0 Å². The van der Waals surface area contributed by atoms with Gasteiger partial charge in [0.05, 0.1) is 6.08 Å². The van der Waals surface area contributed by atoms with Gasteiger partial charge in [0.25, 0.3) is 0 Å². The molecule has 0 rings (SSSR count). The van der Waals surface area contributed by atoms with E-state index in [9.17, 15) is 4.79 Å². The molecule has 68 valence electrons. The first-order valence-corrected chi connectivity index (χ1v) is 4.81. The highest BCUT2D eigenvalue weighted by atomic mass is 16.1. The van der Waals surface area contributed by atoms with Crippen molar-refractivity contribution in [1.29, 1.82) is 0 Å². The molecule has 0 saturated heterocycles. The molecule has 0 N–H and O–H groups in total. The van der Waals surface area contributed by atoms with Crippen LogP contribution in [0.15, 0.2) is 0 Å². The molecule has 0 aromatic heterocycles. The zero-order valence-electron chi connectivity index (χ0n) is 7.77. The SMILES string of the molecule is [CH2]CCCCCCCC[C]=C=O. The molecular weight excluding hydrogens is 148 g/mol. The van der Waals surface area contributed by atoms with E-state index >= 15 is 0 Å². The van der Waals surface area contributed by atoms with Crippen molar-refractivity contribution in [2.45, 2.75) is 51.4 Å². The Balaban J connectivity index is 2.86. The molecule has 0 heterocycles. The number of hydrogen-bond acceptors (Lipinski definition) is 1. The van der Waals surface area contributed by atoms with Crippen LogP contribution >= 0.6 is 0 Å². The summed E-state index contributed by atoms with van der Waals surface area (Å²) in [5.41, 5.74) is 0. The van der Waals surface area contributed by atoms with Gasteiger partial charge in [0.15, 0.2) is 0 Å². The molecule has 2 radical (unpaired) electrons. The van der Waals surface area contributed by atoms with Crippen LogP contribution in [0.25, 0.3) is 0 Å². The average molecular weight is 166 g/mol. The Morgan fingerprint density at radius 3 is 2.08 bits per heavy atom. The highest BCUT2D eigenvalue weighted by Crippen LogP contribution is 2.07. The van der Waals surface area contributed by atoms with Crippen LogP contribution in [0.3, 0.4) is 0 Å². The van der Waals surface area contributed by atoms with Gasteiger partial charge in [-0.25, -0.2) is 4.79 Å². The molecule has 0 atom stereocenters. The minimum Gasteiger partial charge on any atom is -0.233 e. The zero-order valence-corrected chi connectivity index (χ0v) is 7.77. The number of hydrogen-bond donors (Lipinski definition) is 0. The van der Waals surface area contributed by atoms with Gasteiger partial charge in [0.2, 0.25) is 0 Å². The minimum absolute atomic E-state index is 0.777. The molecule has 0 saturated carbocycles. The minimum atomic E-state index is 0.777. The van der Waals surface area contributed by atoms with Gasteiger partial charge in [-0.05, 0) is 12.8 Å². The lowest BCUT2D eigenvalue weighted by Gasteiger charge is -1.97. The second-order valence-corrected chi connectivity index (χ2v) is 3.00. The van der Waals surface area contributed by atoms with E-state index in [1.54, 1.807) is 5.94 Å². The summed E-state index contributed by atoms with van der Waals surface area (Å²) in [6.07, 6.45) is 11.8. The van der Waals surface area contributed by atoms with Crippen LogP contribution in [-0.4, -0.2) is 5.94 Å². The largest absolute Gasteiger partial charge is 0.233 e. The lowest BCUT2D eigenvalue weighted by molar-refractivity contribution is 0.565. The predicted molar refractivity (Wildman–Crippen MR) is 51.2 cm³/mol. The molecule has 0 aliphatic carbocycles. The van der Waals surface area contributed by atoms with Gasteiger partial charge in [0.1, 0.15) is 5.94 Å². The molecule has 0 bridgehead atoms. The van der Waals surface area contributed by atoms with Crippen molar-refractivity contribution in [3.63, 3.8) is 0 Å². The van der Waals surface area contributed by atoms with Crippen LogP contribution in [0.5, 0.6) is 0 Å². The molecule has 0 amide bonds.